The van der Waals surface area contributed by atoms with Gasteiger partial charge in [0.1, 0.15) is 11.8 Å². The molecular weight excluding hydrogens is 330 g/mol. The topological polar surface area (TPSA) is 170 Å². The molecular formula is C16H23N3O6. The van der Waals surface area contributed by atoms with Crippen LogP contribution in [0.5, 0.6) is 0 Å². The maximum absolute atomic E-state index is 12.0. The van der Waals surface area contributed by atoms with Gasteiger partial charge in [-0.2, -0.15) is 0 Å². The largest absolute Gasteiger partial charge is 0.480 e. The van der Waals surface area contributed by atoms with E-state index in [1.165, 1.54) is 24.3 Å². The SMILES string of the molecule is CCCC(=O)C[C@@](O)(CN)C(c1ccc([N+](=O)[O-])cc1)[C@H](N)C(=O)O. The van der Waals surface area contributed by atoms with Crippen LogP contribution in [0, 0.1) is 10.1 Å². The molecule has 0 aliphatic heterocycles. The molecule has 9 nitrogen and oxygen atoms in total. The number of nitrogens with two attached hydrogens (primary N) is 2. The number of carbonyl (C=O) groups is 2. The molecule has 6 N–H and O–H groups in total. The van der Waals surface area contributed by atoms with E-state index in [4.69, 9.17) is 11.5 Å². The van der Waals surface area contributed by atoms with Gasteiger partial charge >= 0.3 is 5.97 Å². The number of Topliss-reactive ketones (excluding diaryl/α,β-unsaturated/α-hetero) is 1. The molecule has 1 rings (SSSR count). The molecule has 1 aromatic carbocycles. The van der Waals surface area contributed by atoms with Crippen LogP contribution in [0.4, 0.5) is 5.69 Å². The van der Waals surface area contributed by atoms with Crippen molar-refractivity contribution in [1.29, 1.82) is 0 Å². The highest BCUT2D eigenvalue weighted by Gasteiger charge is 2.44. The fraction of sp³-hybridized carbons (Fsp3) is 0.500. The highest BCUT2D eigenvalue weighted by atomic mass is 16.6. The second-order valence-electron chi connectivity index (χ2n) is 5.96. The Labute approximate surface area is 144 Å². The first-order valence-corrected chi connectivity index (χ1v) is 7.83. The van der Waals surface area contributed by atoms with E-state index < -0.39 is 28.5 Å². The summed E-state index contributed by atoms with van der Waals surface area (Å²) in [4.78, 5) is 33.6. The van der Waals surface area contributed by atoms with Crippen LogP contribution >= 0.6 is 0 Å². The number of nitro benzene ring substituents is 1. The smallest absolute Gasteiger partial charge is 0.321 e. The summed E-state index contributed by atoms with van der Waals surface area (Å²) in [5, 5.41) is 31.0. The Bertz CT molecular complexity index is 633. The zero-order valence-electron chi connectivity index (χ0n) is 13.9. The van der Waals surface area contributed by atoms with Crippen LogP contribution in [0.15, 0.2) is 24.3 Å². The lowest BCUT2D eigenvalue weighted by molar-refractivity contribution is -0.384. The van der Waals surface area contributed by atoms with E-state index >= 15 is 0 Å². The van der Waals surface area contributed by atoms with Gasteiger partial charge in [0.2, 0.25) is 0 Å². The van der Waals surface area contributed by atoms with Crippen molar-refractivity contribution in [2.75, 3.05) is 6.54 Å². The van der Waals surface area contributed by atoms with Gasteiger partial charge in [-0.25, -0.2) is 0 Å². The number of ketones is 1. The van der Waals surface area contributed by atoms with Crippen molar-refractivity contribution < 1.29 is 24.7 Å². The first-order valence-electron chi connectivity index (χ1n) is 7.83. The van der Waals surface area contributed by atoms with Gasteiger partial charge in [0.15, 0.2) is 0 Å². The van der Waals surface area contributed by atoms with Gasteiger partial charge in [0.05, 0.1) is 10.5 Å². The first kappa shape index (κ1) is 20.7. The van der Waals surface area contributed by atoms with Crippen LogP contribution in [0.25, 0.3) is 0 Å². The second kappa shape index (κ2) is 8.65. The van der Waals surface area contributed by atoms with Crippen molar-refractivity contribution in [2.45, 2.75) is 43.7 Å². The van der Waals surface area contributed by atoms with E-state index in [9.17, 15) is 29.9 Å². The van der Waals surface area contributed by atoms with Gasteiger partial charge < -0.3 is 21.7 Å². The number of benzene rings is 1. The summed E-state index contributed by atoms with van der Waals surface area (Å²) in [6, 6.07) is 3.46. The minimum Gasteiger partial charge on any atom is -0.480 e. The average Bonchev–Trinajstić information content (AvgIpc) is 2.55. The Morgan fingerprint density at radius 3 is 2.28 bits per heavy atom. The number of aliphatic hydroxyl groups is 1. The maximum atomic E-state index is 12.0. The van der Waals surface area contributed by atoms with Gasteiger partial charge in [0, 0.05) is 37.4 Å². The molecule has 3 atom stereocenters. The molecule has 0 aliphatic rings. The standard InChI is InChI=1S/C16H23N3O6/c1-2-3-12(20)8-16(23,9-17)13(14(18)15(21)22)10-4-6-11(7-5-10)19(24)25/h4-7,13-14,23H,2-3,8-9,17-18H2,1H3,(H,21,22)/t13?,14-,16+/m0/s1. The van der Waals surface area contributed by atoms with Crippen molar-refractivity contribution >= 4 is 17.4 Å². The fourth-order valence-corrected chi connectivity index (χ4v) is 2.82. The van der Waals surface area contributed by atoms with Gasteiger partial charge in [-0.05, 0) is 12.0 Å². The minimum absolute atomic E-state index is 0.190. The van der Waals surface area contributed by atoms with E-state index in [0.29, 0.717) is 6.42 Å². The Hall–Kier alpha value is -2.36. The summed E-state index contributed by atoms with van der Waals surface area (Å²) in [5.41, 5.74) is 9.59. The van der Waals surface area contributed by atoms with Crippen molar-refractivity contribution in [3.63, 3.8) is 0 Å². The van der Waals surface area contributed by atoms with Crippen molar-refractivity contribution in [3.05, 3.63) is 39.9 Å². The van der Waals surface area contributed by atoms with Crippen LogP contribution < -0.4 is 11.5 Å². The summed E-state index contributed by atoms with van der Waals surface area (Å²) >= 11 is 0. The van der Waals surface area contributed by atoms with Crippen LogP contribution in [0.2, 0.25) is 0 Å². The number of rotatable bonds is 10. The predicted octanol–water partition coefficient (Wildman–Crippen LogP) is 0.539. The molecule has 0 spiro atoms. The number of hydrogen-bond donors (Lipinski definition) is 4. The monoisotopic (exact) mass is 353 g/mol. The average molecular weight is 353 g/mol. The first-order chi connectivity index (χ1) is 11.7. The normalized spacial score (nSPS) is 15.8. The Morgan fingerprint density at radius 1 is 1.32 bits per heavy atom. The quantitative estimate of drug-likeness (QED) is 0.349. The van der Waals surface area contributed by atoms with Gasteiger partial charge in [-0.15, -0.1) is 0 Å². The number of non-ortho nitro benzene ring substituents is 1. The summed E-state index contributed by atoms with van der Waals surface area (Å²) < 4.78 is 0. The zero-order chi connectivity index (χ0) is 19.2. The third kappa shape index (κ3) is 5.05. The van der Waals surface area contributed by atoms with E-state index in [2.05, 4.69) is 0 Å². The summed E-state index contributed by atoms with van der Waals surface area (Å²) in [5.74, 6) is -2.84. The molecule has 25 heavy (non-hydrogen) atoms. The van der Waals surface area contributed by atoms with E-state index in [0.717, 1.165) is 0 Å². The van der Waals surface area contributed by atoms with E-state index in [-0.39, 0.29) is 36.4 Å². The number of hydrogen-bond acceptors (Lipinski definition) is 7. The molecule has 1 unspecified atom stereocenters. The lowest BCUT2D eigenvalue weighted by atomic mass is 9.74. The highest BCUT2D eigenvalue weighted by Crippen LogP contribution is 2.34. The van der Waals surface area contributed by atoms with Crippen LogP contribution in [-0.4, -0.2) is 45.1 Å². The third-order valence-corrected chi connectivity index (χ3v) is 4.07. The van der Waals surface area contributed by atoms with Crippen molar-refractivity contribution in [3.8, 4) is 0 Å². The Kier molecular flexibility index (Phi) is 7.16. The molecule has 0 bridgehead atoms. The molecule has 0 radical (unpaired) electrons. The molecule has 0 aliphatic carbocycles. The molecule has 1 aromatic rings. The third-order valence-electron chi connectivity index (χ3n) is 4.07. The van der Waals surface area contributed by atoms with E-state index in [1.54, 1.807) is 6.92 Å². The molecule has 0 saturated heterocycles. The van der Waals surface area contributed by atoms with Crippen LogP contribution in [-0.2, 0) is 9.59 Å². The van der Waals surface area contributed by atoms with Crippen molar-refractivity contribution in [2.24, 2.45) is 11.5 Å². The number of carboxylic acid groups (broad SMARTS) is 1. The van der Waals surface area contributed by atoms with Gasteiger partial charge in [-0.3, -0.25) is 19.7 Å². The number of carboxylic acids is 1. The number of carbonyl (C=O) groups excluding carboxylic acids is 1. The minimum atomic E-state index is -1.87. The van der Waals surface area contributed by atoms with Crippen LogP contribution in [0.1, 0.15) is 37.7 Å². The maximum Gasteiger partial charge on any atom is 0.321 e. The molecule has 138 valence electrons. The summed E-state index contributed by atoms with van der Waals surface area (Å²) in [7, 11) is 0. The lowest BCUT2D eigenvalue weighted by Crippen LogP contribution is -2.54. The van der Waals surface area contributed by atoms with Crippen molar-refractivity contribution in [1.82, 2.24) is 0 Å². The van der Waals surface area contributed by atoms with E-state index in [1.807, 2.05) is 0 Å². The van der Waals surface area contributed by atoms with Gasteiger partial charge in [0.25, 0.3) is 5.69 Å². The van der Waals surface area contributed by atoms with Gasteiger partial charge in [-0.1, -0.05) is 19.1 Å². The highest BCUT2D eigenvalue weighted by molar-refractivity contribution is 5.80. The number of nitro groups is 1. The molecule has 0 saturated carbocycles. The Morgan fingerprint density at radius 2 is 1.88 bits per heavy atom. The lowest BCUT2D eigenvalue weighted by Gasteiger charge is -2.37. The molecule has 0 fully saturated rings. The second-order valence-corrected chi connectivity index (χ2v) is 5.96. The Balaban J connectivity index is 3.32. The molecule has 0 amide bonds. The van der Waals surface area contributed by atoms with Crippen LogP contribution in [0.3, 0.4) is 0 Å². The molecule has 9 heteroatoms. The number of aliphatic carboxylic acids is 1. The fourth-order valence-electron chi connectivity index (χ4n) is 2.82. The molecule has 0 aromatic heterocycles. The zero-order valence-corrected chi connectivity index (χ0v) is 13.9. The summed E-state index contributed by atoms with van der Waals surface area (Å²) in [6.07, 6.45) is 0.449. The number of nitrogens with zero attached hydrogens (tertiary/aromatic N) is 1. The predicted molar refractivity (Wildman–Crippen MR) is 90.0 cm³/mol. The summed E-state index contributed by atoms with van der Waals surface area (Å²) in [6.45, 7) is 1.42. The molecule has 0 heterocycles.